The molecule has 0 aliphatic carbocycles. The van der Waals surface area contributed by atoms with Gasteiger partial charge < -0.3 is 10.2 Å². The molecule has 0 radical (unpaired) electrons. The van der Waals surface area contributed by atoms with Crippen LogP contribution >= 0.6 is 23.2 Å². The lowest BCUT2D eigenvalue weighted by atomic mass is 9.89. The maximum absolute atomic E-state index is 13.8. The molecule has 1 aliphatic rings. The van der Waals surface area contributed by atoms with Crippen molar-refractivity contribution in [2.75, 3.05) is 18.4 Å². The smallest absolute Gasteiger partial charge is 0.269 e. The number of hydrogen-bond donors (Lipinski definition) is 2. The molecule has 1 aliphatic heterocycles. The molecule has 0 spiro atoms. The van der Waals surface area contributed by atoms with Crippen LogP contribution in [0.5, 0.6) is 0 Å². The Hall–Kier alpha value is -3.74. The molecule has 14 heteroatoms. The molecule has 0 atom stereocenters. The molecule has 0 bridgehead atoms. The number of anilines is 2. The van der Waals surface area contributed by atoms with Gasteiger partial charge in [-0.2, -0.15) is 9.61 Å². The number of amides is 2. The van der Waals surface area contributed by atoms with E-state index in [4.69, 9.17) is 23.2 Å². The summed E-state index contributed by atoms with van der Waals surface area (Å²) >= 11 is 12.5. The van der Waals surface area contributed by atoms with Crippen LogP contribution in [0.4, 0.5) is 15.9 Å². The van der Waals surface area contributed by atoms with Gasteiger partial charge in [0.15, 0.2) is 10.5 Å². The molecule has 0 unspecified atom stereocenters. The van der Waals surface area contributed by atoms with E-state index in [-0.39, 0.29) is 39.6 Å². The highest BCUT2D eigenvalue weighted by Gasteiger charge is 2.30. The van der Waals surface area contributed by atoms with E-state index >= 15 is 0 Å². The first-order valence-electron chi connectivity index (χ1n) is 12.2. The summed E-state index contributed by atoms with van der Waals surface area (Å²) in [6, 6.07) is 11.1. The van der Waals surface area contributed by atoms with Gasteiger partial charge in [0, 0.05) is 31.2 Å². The summed E-state index contributed by atoms with van der Waals surface area (Å²) in [7, 11) is -4.28. The van der Waals surface area contributed by atoms with Gasteiger partial charge in [0.25, 0.3) is 15.9 Å². The average molecular weight is 605 g/mol. The normalized spacial score (nSPS) is 14.3. The summed E-state index contributed by atoms with van der Waals surface area (Å²) < 4.78 is 41.9. The lowest BCUT2D eigenvalue weighted by molar-refractivity contribution is -0.117. The van der Waals surface area contributed by atoms with Gasteiger partial charge in [-0.15, -0.1) is 0 Å². The van der Waals surface area contributed by atoms with Crippen molar-refractivity contribution >= 4 is 62.2 Å². The summed E-state index contributed by atoms with van der Waals surface area (Å²) in [5.41, 5.74) is 1.38. The van der Waals surface area contributed by atoms with E-state index in [2.05, 4.69) is 15.4 Å². The number of benzene rings is 2. The van der Waals surface area contributed by atoms with Gasteiger partial charge in [-0.25, -0.2) is 22.5 Å². The first-order valence-corrected chi connectivity index (χ1v) is 14.4. The number of rotatable bonds is 6. The van der Waals surface area contributed by atoms with Crippen LogP contribution in [0.25, 0.3) is 5.65 Å². The zero-order valence-corrected chi connectivity index (χ0v) is 23.4. The van der Waals surface area contributed by atoms with Gasteiger partial charge >= 0.3 is 0 Å². The van der Waals surface area contributed by atoms with E-state index in [9.17, 15) is 22.4 Å². The summed E-state index contributed by atoms with van der Waals surface area (Å²) in [5.74, 6) is -1.13. The molecule has 5 rings (SSSR count). The van der Waals surface area contributed by atoms with Crippen molar-refractivity contribution in [3.63, 3.8) is 0 Å². The van der Waals surface area contributed by atoms with Gasteiger partial charge in [-0.3, -0.25) is 9.59 Å². The number of aromatic nitrogens is 3. The van der Waals surface area contributed by atoms with Crippen molar-refractivity contribution in [2.45, 2.75) is 30.6 Å². The number of fused-ring (bicyclic) bond motifs is 1. The first kappa shape index (κ1) is 27.8. The molecule has 2 aromatic heterocycles. The summed E-state index contributed by atoms with van der Waals surface area (Å²) in [6.07, 6.45) is 3.66. The van der Waals surface area contributed by atoms with Crippen LogP contribution in [0.1, 0.15) is 41.6 Å². The molecule has 208 valence electrons. The number of nitrogens with zero attached hydrogens (tertiary/aromatic N) is 4. The maximum atomic E-state index is 13.8. The average Bonchev–Trinajstić information content (AvgIpc) is 3.36. The summed E-state index contributed by atoms with van der Waals surface area (Å²) in [5, 5.41) is 7.91. The highest BCUT2D eigenvalue weighted by molar-refractivity contribution is 7.90. The van der Waals surface area contributed by atoms with E-state index in [1.165, 1.54) is 22.8 Å². The number of hydrogen-bond acceptors (Lipinski definition) is 7. The van der Waals surface area contributed by atoms with Crippen molar-refractivity contribution in [1.29, 1.82) is 0 Å². The Kier molecular flexibility index (Phi) is 7.67. The number of likely N-dealkylation sites (tertiary alicyclic amines) is 1. The molecule has 1 saturated heterocycles. The maximum Gasteiger partial charge on any atom is 0.269 e. The van der Waals surface area contributed by atoms with E-state index in [0.717, 1.165) is 18.7 Å². The van der Waals surface area contributed by atoms with Crippen LogP contribution in [0, 0.1) is 5.82 Å². The molecule has 10 nitrogen and oxygen atoms in total. The quantitative estimate of drug-likeness (QED) is 0.325. The van der Waals surface area contributed by atoms with Gasteiger partial charge in [0.05, 0.1) is 16.9 Å². The van der Waals surface area contributed by atoms with E-state index < -0.39 is 15.9 Å². The zero-order valence-electron chi connectivity index (χ0n) is 21.1. The molecule has 4 aromatic rings. The van der Waals surface area contributed by atoms with Crippen molar-refractivity contribution in [3.8, 4) is 0 Å². The van der Waals surface area contributed by atoms with Crippen molar-refractivity contribution < 1.29 is 22.4 Å². The minimum Gasteiger partial charge on any atom is -0.338 e. The highest BCUT2D eigenvalue weighted by Crippen LogP contribution is 2.33. The second-order valence-corrected chi connectivity index (χ2v) is 11.8. The number of nitrogens with one attached hydrogen (secondary N) is 2. The molecule has 0 saturated carbocycles. The van der Waals surface area contributed by atoms with E-state index in [1.54, 1.807) is 35.2 Å². The molecular weight excluding hydrogens is 582 g/mol. The van der Waals surface area contributed by atoms with Crippen LogP contribution < -0.4 is 10.0 Å². The predicted molar refractivity (Wildman–Crippen MR) is 148 cm³/mol. The van der Waals surface area contributed by atoms with Gasteiger partial charge in [0.2, 0.25) is 5.91 Å². The molecule has 3 heterocycles. The zero-order chi connectivity index (χ0) is 28.6. The molecule has 2 N–H and O–H groups in total. The number of halogens is 3. The SMILES string of the molecule is CC(=O)NS(=O)(=O)c1cnn2c(Nc3cc(Cl)ccc3Cl)c(C(=O)N3CCC(c4ccc(F)cc4)CC3)cnc12. The van der Waals surface area contributed by atoms with Crippen LogP contribution in [0.15, 0.2) is 59.8 Å². The molecule has 2 amide bonds. The number of sulfonamides is 1. The van der Waals surface area contributed by atoms with Crippen molar-refractivity contribution in [1.82, 2.24) is 24.2 Å². The minimum absolute atomic E-state index is 0.110. The van der Waals surface area contributed by atoms with Crippen molar-refractivity contribution in [3.05, 3.63) is 81.8 Å². The summed E-state index contributed by atoms with van der Waals surface area (Å²) in [4.78, 5) is 30.8. The molecule has 2 aromatic carbocycles. The lowest BCUT2D eigenvalue weighted by Crippen LogP contribution is -2.38. The van der Waals surface area contributed by atoms with Crippen LogP contribution in [-0.2, 0) is 14.8 Å². The Labute approximate surface area is 239 Å². The van der Waals surface area contributed by atoms with Crippen LogP contribution in [0.2, 0.25) is 10.0 Å². The fraction of sp³-hybridized carbons (Fsp3) is 0.231. The number of carbonyl (C=O) groups excluding carboxylic acids is 2. The Morgan fingerprint density at radius 2 is 1.75 bits per heavy atom. The Balaban J connectivity index is 1.51. The standard InChI is InChI=1S/C26H23Cl2FN6O4S/c1-15(36)33-40(38,39)23-14-31-35-24(32-22-12-18(27)4-7-21(22)28)20(13-30-25(23)35)26(37)34-10-8-17(9-11-34)16-2-5-19(29)6-3-16/h2-7,12-14,17,32H,8-11H2,1H3,(H,33,36). The first-order chi connectivity index (χ1) is 19.0. The third-order valence-corrected chi connectivity index (χ3v) is 8.59. The summed E-state index contributed by atoms with van der Waals surface area (Å²) in [6.45, 7) is 1.95. The monoisotopic (exact) mass is 604 g/mol. The second-order valence-electron chi connectivity index (χ2n) is 9.29. The second kappa shape index (κ2) is 11.0. The van der Waals surface area contributed by atoms with Gasteiger partial charge in [-0.1, -0.05) is 35.3 Å². The van der Waals surface area contributed by atoms with E-state index in [1.807, 2.05) is 4.72 Å². The number of piperidine rings is 1. The molecular formula is C26H23Cl2FN6O4S. The Morgan fingerprint density at radius 3 is 2.42 bits per heavy atom. The van der Waals surface area contributed by atoms with Gasteiger partial charge in [0.1, 0.15) is 17.2 Å². The fourth-order valence-corrected chi connectivity index (χ4v) is 6.05. The largest absolute Gasteiger partial charge is 0.338 e. The number of carbonyl (C=O) groups is 2. The predicted octanol–water partition coefficient (Wildman–Crippen LogP) is 4.76. The fourth-order valence-electron chi connectivity index (χ4n) is 4.66. The molecule has 40 heavy (non-hydrogen) atoms. The Morgan fingerprint density at radius 1 is 1.05 bits per heavy atom. The third kappa shape index (κ3) is 5.60. The van der Waals surface area contributed by atoms with E-state index in [0.29, 0.717) is 41.7 Å². The minimum atomic E-state index is -4.28. The topological polar surface area (TPSA) is 126 Å². The lowest BCUT2D eigenvalue weighted by Gasteiger charge is -2.32. The van der Waals surface area contributed by atoms with Crippen LogP contribution in [0.3, 0.4) is 0 Å². The Bertz CT molecular complexity index is 1720. The third-order valence-electron chi connectivity index (χ3n) is 6.60. The highest BCUT2D eigenvalue weighted by atomic mass is 35.5. The molecule has 1 fully saturated rings. The van der Waals surface area contributed by atoms with Gasteiger partial charge in [-0.05, 0) is 54.7 Å². The van der Waals surface area contributed by atoms with Crippen molar-refractivity contribution in [2.24, 2.45) is 0 Å². The van der Waals surface area contributed by atoms with Crippen LogP contribution in [-0.4, -0.2) is 52.8 Å².